The van der Waals surface area contributed by atoms with Gasteiger partial charge in [-0.05, 0) is 23.5 Å². The predicted molar refractivity (Wildman–Crippen MR) is 68.1 cm³/mol. The zero-order valence-electron chi connectivity index (χ0n) is 11.5. The number of aromatic nitrogens is 4. The van der Waals surface area contributed by atoms with E-state index in [1.165, 1.54) is 4.80 Å². The van der Waals surface area contributed by atoms with E-state index in [9.17, 15) is 0 Å². The van der Waals surface area contributed by atoms with Crippen molar-refractivity contribution in [2.45, 2.75) is 39.2 Å². The van der Waals surface area contributed by atoms with Crippen LogP contribution in [0.3, 0.4) is 0 Å². The Morgan fingerprint density at radius 2 is 2.11 bits per heavy atom. The van der Waals surface area contributed by atoms with Crippen molar-refractivity contribution in [3.8, 4) is 0 Å². The first kappa shape index (κ1) is 13.4. The van der Waals surface area contributed by atoms with Crippen LogP contribution in [-0.2, 0) is 18.2 Å². The van der Waals surface area contributed by atoms with E-state index in [1.807, 2.05) is 0 Å². The van der Waals surface area contributed by atoms with Crippen LogP contribution in [0.25, 0.3) is 0 Å². The Hall–Kier alpha value is -1.01. The van der Waals surface area contributed by atoms with Crippen LogP contribution in [-0.4, -0.2) is 46.0 Å². The Kier molecular flexibility index (Phi) is 4.29. The van der Waals surface area contributed by atoms with Gasteiger partial charge in [0.15, 0.2) is 5.82 Å². The minimum Gasteiger partial charge on any atom is -0.381 e. The fourth-order valence-electron chi connectivity index (χ4n) is 2.37. The summed E-state index contributed by atoms with van der Waals surface area (Å²) in [5.41, 5.74) is 0.214. The summed E-state index contributed by atoms with van der Waals surface area (Å²) in [6.45, 7) is 7.01. The molecule has 0 saturated carbocycles. The van der Waals surface area contributed by atoms with Gasteiger partial charge in [-0.3, -0.25) is 0 Å². The summed E-state index contributed by atoms with van der Waals surface area (Å²) in [7, 11) is 1.81. The van der Waals surface area contributed by atoms with Crippen LogP contribution in [0.1, 0.15) is 32.5 Å². The third-order valence-electron chi connectivity index (χ3n) is 3.52. The van der Waals surface area contributed by atoms with Crippen molar-refractivity contribution in [1.82, 2.24) is 25.5 Å². The molecule has 0 unspecified atom stereocenters. The minimum atomic E-state index is 0.214. The highest BCUT2D eigenvalue weighted by molar-refractivity contribution is 4.93. The van der Waals surface area contributed by atoms with Gasteiger partial charge in [0.2, 0.25) is 0 Å². The molecule has 2 heterocycles. The summed E-state index contributed by atoms with van der Waals surface area (Å²) in [6.07, 6.45) is 3.00. The van der Waals surface area contributed by atoms with Crippen molar-refractivity contribution in [1.29, 1.82) is 0 Å². The van der Waals surface area contributed by atoms with Crippen molar-refractivity contribution < 1.29 is 4.74 Å². The maximum absolute atomic E-state index is 5.49. The van der Waals surface area contributed by atoms with E-state index in [4.69, 9.17) is 4.74 Å². The minimum absolute atomic E-state index is 0.214. The lowest BCUT2D eigenvalue weighted by Gasteiger charge is -2.37. The van der Waals surface area contributed by atoms with Gasteiger partial charge < -0.3 is 10.1 Å². The van der Waals surface area contributed by atoms with E-state index in [-0.39, 0.29) is 5.41 Å². The van der Waals surface area contributed by atoms with E-state index < -0.39 is 0 Å². The molecule has 1 aromatic rings. The fourth-order valence-corrected chi connectivity index (χ4v) is 2.37. The Balaban J connectivity index is 2.03. The van der Waals surface area contributed by atoms with Gasteiger partial charge in [0, 0.05) is 32.2 Å². The van der Waals surface area contributed by atoms with Crippen molar-refractivity contribution >= 4 is 0 Å². The fraction of sp³-hybridized carbons (Fsp3) is 0.917. The monoisotopic (exact) mass is 253 g/mol. The van der Waals surface area contributed by atoms with Gasteiger partial charge in [-0.25, -0.2) is 0 Å². The van der Waals surface area contributed by atoms with Crippen LogP contribution >= 0.6 is 0 Å². The first-order valence-corrected chi connectivity index (χ1v) is 6.64. The molecular weight excluding hydrogens is 230 g/mol. The third kappa shape index (κ3) is 3.49. The molecule has 2 rings (SSSR count). The lowest BCUT2D eigenvalue weighted by Crippen LogP contribution is -2.43. The molecule has 1 fully saturated rings. The molecule has 1 aromatic heterocycles. The van der Waals surface area contributed by atoms with Gasteiger partial charge >= 0.3 is 0 Å². The second kappa shape index (κ2) is 5.75. The smallest absolute Gasteiger partial charge is 0.175 e. The van der Waals surface area contributed by atoms with Crippen LogP contribution in [0.2, 0.25) is 0 Å². The van der Waals surface area contributed by atoms with Crippen LogP contribution in [0.15, 0.2) is 0 Å². The Bertz CT molecular complexity index is 370. The van der Waals surface area contributed by atoms with E-state index >= 15 is 0 Å². The second-order valence-corrected chi connectivity index (χ2v) is 5.52. The average molecular weight is 253 g/mol. The number of nitrogens with one attached hydrogen (secondary N) is 1. The van der Waals surface area contributed by atoms with Crippen molar-refractivity contribution in [2.75, 3.05) is 19.8 Å². The van der Waals surface area contributed by atoms with Crippen molar-refractivity contribution in [2.24, 2.45) is 12.5 Å². The van der Waals surface area contributed by atoms with Crippen molar-refractivity contribution in [3.63, 3.8) is 0 Å². The number of aryl methyl sites for hydroxylation is 1. The first-order valence-electron chi connectivity index (χ1n) is 6.64. The highest BCUT2D eigenvalue weighted by atomic mass is 16.5. The number of nitrogens with zero attached hydrogens (tertiary/aromatic N) is 4. The number of hydrogen-bond acceptors (Lipinski definition) is 5. The molecule has 1 aliphatic rings. The largest absolute Gasteiger partial charge is 0.381 e. The lowest BCUT2D eigenvalue weighted by atomic mass is 9.77. The summed E-state index contributed by atoms with van der Waals surface area (Å²) in [5, 5.41) is 15.9. The molecule has 102 valence electrons. The number of ether oxygens (including phenoxy) is 1. The standard InChI is InChI=1S/C12H23N5O/c1-10(2)13-9-12(4-6-18-7-5-12)8-11-14-16-17(3)15-11/h10,13H,4-9H2,1-3H3. The van der Waals surface area contributed by atoms with E-state index in [2.05, 4.69) is 34.6 Å². The van der Waals surface area contributed by atoms with E-state index in [1.54, 1.807) is 7.05 Å². The SMILES string of the molecule is CC(C)NCC1(Cc2nnn(C)n2)CCOCC1. The molecule has 18 heavy (non-hydrogen) atoms. The van der Waals surface area contributed by atoms with Gasteiger partial charge in [-0.1, -0.05) is 13.8 Å². The summed E-state index contributed by atoms with van der Waals surface area (Å²) < 4.78 is 5.49. The highest BCUT2D eigenvalue weighted by Crippen LogP contribution is 2.32. The van der Waals surface area contributed by atoms with Gasteiger partial charge in [-0.2, -0.15) is 4.80 Å². The normalized spacial score (nSPS) is 19.3. The van der Waals surface area contributed by atoms with E-state index in [0.29, 0.717) is 6.04 Å². The number of tetrazole rings is 1. The molecule has 0 radical (unpaired) electrons. The van der Waals surface area contributed by atoms with Crippen LogP contribution in [0.5, 0.6) is 0 Å². The van der Waals surface area contributed by atoms with Gasteiger partial charge in [-0.15, -0.1) is 10.2 Å². The maximum Gasteiger partial charge on any atom is 0.175 e. The molecule has 0 aliphatic carbocycles. The predicted octanol–water partition coefficient (Wildman–Crippen LogP) is 0.547. The molecule has 1 saturated heterocycles. The summed E-state index contributed by atoms with van der Waals surface area (Å²) in [6, 6.07) is 0.500. The Labute approximate surface area is 108 Å². The third-order valence-corrected chi connectivity index (χ3v) is 3.52. The van der Waals surface area contributed by atoms with Crippen LogP contribution in [0.4, 0.5) is 0 Å². The van der Waals surface area contributed by atoms with E-state index in [0.717, 1.165) is 44.8 Å². The zero-order valence-corrected chi connectivity index (χ0v) is 11.5. The number of rotatable bonds is 5. The topological polar surface area (TPSA) is 64.9 Å². The lowest BCUT2D eigenvalue weighted by molar-refractivity contribution is 0.0131. The van der Waals surface area contributed by atoms with Gasteiger partial charge in [0.1, 0.15) is 0 Å². The zero-order chi connectivity index (χ0) is 13.0. The Morgan fingerprint density at radius 3 is 2.67 bits per heavy atom. The van der Waals surface area contributed by atoms with Crippen LogP contribution in [0, 0.1) is 5.41 Å². The molecule has 1 aliphatic heterocycles. The molecule has 0 aromatic carbocycles. The van der Waals surface area contributed by atoms with Gasteiger partial charge in [0.05, 0.1) is 7.05 Å². The van der Waals surface area contributed by atoms with Crippen LogP contribution < -0.4 is 5.32 Å². The molecule has 1 N–H and O–H groups in total. The molecule has 6 heteroatoms. The summed E-state index contributed by atoms with van der Waals surface area (Å²) in [5.74, 6) is 0.838. The maximum atomic E-state index is 5.49. The molecule has 0 amide bonds. The average Bonchev–Trinajstić information content (AvgIpc) is 2.73. The summed E-state index contributed by atoms with van der Waals surface area (Å²) >= 11 is 0. The van der Waals surface area contributed by atoms with Gasteiger partial charge in [0.25, 0.3) is 0 Å². The molecule has 0 bridgehead atoms. The first-order chi connectivity index (χ1) is 8.60. The quantitative estimate of drug-likeness (QED) is 0.830. The number of hydrogen-bond donors (Lipinski definition) is 1. The second-order valence-electron chi connectivity index (χ2n) is 5.52. The molecule has 6 nitrogen and oxygen atoms in total. The molecule has 0 atom stereocenters. The molecular formula is C12H23N5O. The van der Waals surface area contributed by atoms with Crippen molar-refractivity contribution in [3.05, 3.63) is 5.82 Å². The highest BCUT2D eigenvalue weighted by Gasteiger charge is 2.34. The summed E-state index contributed by atoms with van der Waals surface area (Å²) in [4.78, 5) is 1.53. The Morgan fingerprint density at radius 1 is 1.39 bits per heavy atom. The molecule has 0 spiro atoms.